The summed E-state index contributed by atoms with van der Waals surface area (Å²) in [6, 6.07) is 0. The summed E-state index contributed by atoms with van der Waals surface area (Å²) in [6.45, 7) is 6.57. The Balaban J connectivity index is 3.00. The van der Waals surface area contributed by atoms with Crippen molar-refractivity contribution in [1.29, 1.82) is 0 Å². The van der Waals surface area contributed by atoms with Crippen molar-refractivity contribution < 1.29 is 0 Å². The van der Waals surface area contributed by atoms with Gasteiger partial charge in [-0.1, -0.05) is 116 Å². The van der Waals surface area contributed by atoms with Gasteiger partial charge >= 0.3 is 0 Å². The smallest absolute Gasteiger partial charge is 0.00970 e. The van der Waals surface area contributed by atoms with E-state index < -0.39 is 0 Å². The lowest BCUT2D eigenvalue weighted by Gasteiger charge is -2.17. The van der Waals surface area contributed by atoms with Gasteiger partial charge in [-0.15, -0.1) is 0 Å². The maximum absolute atomic E-state index is 6.00. The lowest BCUT2D eigenvalue weighted by atomic mass is 9.97. The van der Waals surface area contributed by atoms with E-state index in [1.54, 1.807) is 0 Å². The third-order valence-electron chi connectivity index (χ3n) is 4.92. The Hall–Kier alpha value is -0.0400. The van der Waals surface area contributed by atoms with E-state index >= 15 is 0 Å². The van der Waals surface area contributed by atoms with Gasteiger partial charge in [0.25, 0.3) is 0 Å². The van der Waals surface area contributed by atoms with Crippen LogP contribution in [0.25, 0.3) is 0 Å². The molecule has 1 heteroatoms. The van der Waals surface area contributed by atoms with E-state index in [2.05, 4.69) is 20.8 Å². The minimum absolute atomic E-state index is 0.0372. The fourth-order valence-electron chi connectivity index (χ4n) is 3.31. The lowest BCUT2D eigenvalue weighted by Crippen LogP contribution is -2.31. The number of nitrogens with two attached hydrogens (primary N) is 1. The molecule has 0 aromatic rings. The lowest BCUT2D eigenvalue weighted by molar-refractivity contribution is 0.440. The molecule has 0 unspecified atom stereocenters. The first-order valence-electron chi connectivity index (χ1n) is 10.8. The highest BCUT2D eigenvalue weighted by Crippen LogP contribution is 2.15. The van der Waals surface area contributed by atoms with Crippen molar-refractivity contribution in [3.63, 3.8) is 0 Å². The molecular formula is C22H47N. The van der Waals surface area contributed by atoms with Gasteiger partial charge in [-0.05, 0) is 20.3 Å². The van der Waals surface area contributed by atoms with Crippen molar-refractivity contribution >= 4 is 0 Å². The van der Waals surface area contributed by atoms with Gasteiger partial charge in [0.05, 0.1) is 0 Å². The van der Waals surface area contributed by atoms with E-state index in [1.807, 2.05) is 0 Å². The molecule has 140 valence electrons. The Morgan fingerprint density at radius 3 is 1.00 bits per heavy atom. The van der Waals surface area contributed by atoms with Crippen molar-refractivity contribution in [1.82, 2.24) is 0 Å². The molecule has 0 aliphatic heterocycles. The number of hydrogen-bond acceptors (Lipinski definition) is 1. The summed E-state index contributed by atoms with van der Waals surface area (Å²) in [5.41, 5.74) is 6.04. The molecule has 0 aromatic heterocycles. The number of rotatable bonds is 18. The summed E-state index contributed by atoms with van der Waals surface area (Å²) in [5, 5.41) is 0. The molecule has 0 bridgehead atoms. The molecule has 0 aliphatic rings. The molecule has 0 amide bonds. The molecule has 0 radical (unpaired) electrons. The predicted octanol–water partition coefficient (Wildman–Crippen LogP) is 7.77. The molecule has 23 heavy (non-hydrogen) atoms. The SMILES string of the molecule is CCCCCCCCCCCCCCCCCCCC(C)(C)N. The van der Waals surface area contributed by atoms with Crippen LogP contribution in [0.5, 0.6) is 0 Å². The van der Waals surface area contributed by atoms with Gasteiger partial charge in [-0.25, -0.2) is 0 Å². The Morgan fingerprint density at radius 1 is 0.478 bits per heavy atom. The minimum atomic E-state index is 0.0372. The average molecular weight is 326 g/mol. The highest BCUT2D eigenvalue weighted by molar-refractivity contribution is 4.70. The Labute approximate surface area is 148 Å². The maximum atomic E-state index is 6.00. The summed E-state index contributed by atoms with van der Waals surface area (Å²) in [4.78, 5) is 0. The summed E-state index contributed by atoms with van der Waals surface area (Å²) in [5.74, 6) is 0. The van der Waals surface area contributed by atoms with Gasteiger partial charge in [-0.3, -0.25) is 0 Å². The highest BCUT2D eigenvalue weighted by Gasteiger charge is 2.08. The van der Waals surface area contributed by atoms with Crippen LogP contribution in [0.15, 0.2) is 0 Å². The zero-order chi connectivity index (χ0) is 17.2. The molecule has 0 atom stereocenters. The van der Waals surface area contributed by atoms with Crippen LogP contribution in [0.4, 0.5) is 0 Å². The van der Waals surface area contributed by atoms with E-state index in [1.165, 1.54) is 116 Å². The third-order valence-corrected chi connectivity index (χ3v) is 4.92. The first-order chi connectivity index (χ1) is 11.1. The van der Waals surface area contributed by atoms with E-state index in [0.29, 0.717) is 0 Å². The number of hydrogen-bond donors (Lipinski definition) is 1. The van der Waals surface area contributed by atoms with Gasteiger partial charge in [-0.2, -0.15) is 0 Å². The maximum Gasteiger partial charge on any atom is 0.00970 e. The summed E-state index contributed by atoms with van der Waals surface area (Å²) >= 11 is 0. The van der Waals surface area contributed by atoms with Crippen LogP contribution >= 0.6 is 0 Å². The predicted molar refractivity (Wildman–Crippen MR) is 107 cm³/mol. The van der Waals surface area contributed by atoms with Crippen LogP contribution in [0.3, 0.4) is 0 Å². The zero-order valence-electron chi connectivity index (χ0n) is 16.8. The third kappa shape index (κ3) is 22.0. The van der Waals surface area contributed by atoms with Gasteiger partial charge in [0.1, 0.15) is 0 Å². The monoisotopic (exact) mass is 325 g/mol. The molecule has 0 fully saturated rings. The van der Waals surface area contributed by atoms with Crippen molar-refractivity contribution in [3.05, 3.63) is 0 Å². The molecule has 1 nitrogen and oxygen atoms in total. The van der Waals surface area contributed by atoms with E-state index in [-0.39, 0.29) is 5.54 Å². The number of unbranched alkanes of at least 4 members (excludes halogenated alkanes) is 16. The summed E-state index contributed by atoms with van der Waals surface area (Å²) < 4.78 is 0. The second-order valence-corrected chi connectivity index (χ2v) is 8.40. The standard InChI is InChI=1S/C22H47N/c1-4-5-6-7-8-9-10-11-12-13-14-15-16-17-18-19-20-21-22(2,3)23/h4-21,23H2,1-3H3. The Bertz CT molecular complexity index is 217. The fraction of sp³-hybridized carbons (Fsp3) is 1.00. The van der Waals surface area contributed by atoms with Crippen molar-refractivity contribution in [2.24, 2.45) is 5.73 Å². The van der Waals surface area contributed by atoms with Gasteiger partial charge in [0.15, 0.2) is 0 Å². The Morgan fingerprint density at radius 2 is 0.739 bits per heavy atom. The average Bonchev–Trinajstić information content (AvgIpc) is 2.49. The van der Waals surface area contributed by atoms with Crippen molar-refractivity contribution in [2.75, 3.05) is 0 Å². The van der Waals surface area contributed by atoms with Gasteiger partial charge < -0.3 is 5.73 Å². The normalized spacial score (nSPS) is 12.0. The molecular weight excluding hydrogens is 278 g/mol. The largest absolute Gasteiger partial charge is 0.326 e. The molecule has 0 spiro atoms. The van der Waals surface area contributed by atoms with E-state index in [4.69, 9.17) is 5.73 Å². The van der Waals surface area contributed by atoms with Gasteiger partial charge in [0, 0.05) is 5.54 Å². The first-order valence-corrected chi connectivity index (χ1v) is 10.8. The Kier molecular flexibility index (Phi) is 16.8. The molecule has 0 saturated heterocycles. The van der Waals surface area contributed by atoms with E-state index in [9.17, 15) is 0 Å². The second-order valence-electron chi connectivity index (χ2n) is 8.40. The van der Waals surface area contributed by atoms with Crippen molar-refractivity contribution in [3.8, 4) is 0 Å². The van der Waals surface area contributed by atoms with E-state index in [0.717, 1.165) is 0 Å². The highest BCUT2D eigenvalue weighted by atomic mass is 14.7. The van der Waals surface area contributed by atoms with Crippen LogP contribution in [0.1, 0.15) is 136 Å². The molecule has 0 rings (SSSR count). The summed E-state index contributed by atoms with van der Waals surface area (Å²) in [7, 11) is 0. The molecule has 0 aromatic carbocycles. The molecule has 0 saturated carbocycles. The second kappa shape index (κ2) is 16.8. The summed E-state index contributed by atoms with van der Waals surface area (Å²) in [6.07, 6.45) is 25.6. The van der Waals surface area contributed by atoms with Crippen LogP contribution in [0, 0.1) is 0 Å². The van der Waals surface area contributed by atoms with Crippen LogP contribution in [0.2, 0.25) is 0 Å². The molecule has 0 heterocycles. The van der Waals surface area contributed by atoms with Crippen LogP contribution < -0.4 is 5.73 Å². The fourth-order valence-corrected chi connectivity index (χ4v) is 3.31. The topological polar surface area (TPSA) is 26.0 Å². The van der Waals surface area contributed by atoms with Gasteiger partial charge in [0.2, 0.25) is 0 Å². The van der Waals surface area contributed by atoms with Crippen LogP contribution in [-0.2, 0) is 0 Å². The first kappa shape index (κ1) is 23.0. The molecule has 0 aliphatic carbocycles. The zero-order valence-corrected chi connectivity index (χ0v) is 16.8. The van der Waals surface area contributed by atoms with Crippen molar-refractivity contribution in [2.45, 2.75) is 142 Å². The minimum Gasteiger partial charge on any atom is -0.326 e. The molecule has 2 N–H and O–H groups in total. The van der Waals surface area contributed by atoms with Crippen LogP contribution in [-0.4, -0.2) is 5.54 Å². The quantitative estimate of drug-likeness (QED) is 0.256.